The van der Waals surface area contributed by atoms with Crippen molar-refractivity contribution in [2.45, 2.75) is 31.8 Å². The van der Waals surface area contributed by atoms with Crippen LogP contribution < -0.4 is 10.6 Å². The zero-order valence-corrected chi connectivity index (χ0v) is 11.5. The van der Waals surface area contributed by atoms with E-state index in [0.717, 1.165) is 5.69 Å². The molecule has 1 unspecified atom stereocenters. The van der Waals surface area contributed by atoms with Gasteiger partial charge in [0, 0.05) is 19.3 Å². The van der Waals surface area contributed by atoms with Crippen molar-refractivity contribution in [1.82, 2.24) is 15.1 Å². The number of carbonyl (C=O) groups excluding carboxylic acids is 1. The van der Waals surface area contributed by atoms with Crippen LogP contribution in [0.3, 0.4) is 0 Å². The largest absolute Gasteiger partial charge is 0.380 e. The Balaban J connectivity index is 1.87. The molecule has 2 N–H and O–H groups in total. The number of thioether (sulfide) groups is 1. The van der Waals surface area contributed by atoms with Crippen molar-refractivity contribution in [2.75, 3.05) is 23.9 Å². The van der Waals surface area contributed by atoms with Crippen LogP contribution in [0.2, 0.25) is 0 Å². The summed E-state index contributed by atoms with van der Waals surface area (Å²) in [7, 11) is 1.63. The number of rotatable bonds is 4. The van der Waals surface area contributed by atoms with Crippen LogP contribution in [0.25, 0.3) is 0 Å². The maximum atomic E-state index is 11.2. The Bertz CT molecular complexity index is 385. The van der Waals surface area contributed by atoms with E-state index in [9.17, 15) is 4.79 Å². The quantitative estimate of drug-likeness (QED) is 0.865. The predicted octanol–water partition coefficient (Wildman–Crippen LogP) is 1.33. The Morgan fingerprint density at radius 1 is 1.56 bits per heavy atom. The second-order valence-corrected chi connectivity index (χ2v) is 5.71. The Labute approximate surface area is 112 Å². The molecule has 100 valence electrons. The molecule has 18 heavy (non-hydrogen) atoms. The van der Waals surface area contributed by atoms with E-state index in [1.807, 2.05) is 18.0 Å². The van der Waals surface area contributed by atoms with Gasteiger partial charge in [0.05, 0.1) is 11.9 Å². The Kier molecular flexibility index (Phi) is 4.92. The summed E-state index contributed by atoms with van der Waals surface area (Å²) in [5.41, 5.74) is 1.01. The van der Waals surface area contributed by atoms with Crippen molar-refractivity contribution >= 4 is 23.4 Å². The maximum absolute atomic E-state index is 11.2. The molecule has 2 rings (SSSR count). The number of hydrogen-bond donors (Lipinski definition) is 2. The second-order valence-electron chi connectivity index (χ2n) is 4.48. The molecule has 2 heterocycles. The third-order valence-electron chi connectivity index (χ3n) is 3.04. The van der Waals surface area contributed by atoms with Gasteiger partial charge >= 0.3 is 0 Å². The molecule has 1 atom stereocenters. The standard InChI is InChI=1S/C12H20N4OS/c1-13-12(17)9-16-8-11(7-14-16)15-10-3-2-5-18-6-4-10/h7-8,10,15H,2-6,9H2,1H3,(H,13,17). The summed E-state index contributed by atoms with van der Waals surface area (Å²) in [6.45, 7) is 0.276. The van der Waals surface area contributed by atoms with Gasteiger partial charge in [0.1, 0.15) is 6.54 Å². The molecule has 0 aromatic carbocycles. The number of aromatic nitrogens is 2. The molecule has 0 bridgehead atoms. The van der Waals surface area contributed by atoms with Gasteiger partial charge in [-0.1, -0.05) is 0 Å². The third-order valence-corrected chi connectivity index (χ3v) is 4.14. The number of carbonyl (C=O) groups is 1. The number of likely N-dealkylation sites (N-methyl/N-ethyl adjacent to an activating group) is 1. The van der Waals surface area contributed by atoms with Gasteiger partial charge in [0.15, 0.2) is 0 Å². The van der Waals surface area contributed by atoms with Crippen LogP contribution in [0.1, 0.15) is 19.3 Å². The lowest BCUT2D eigenvalue weighted by Gasteiger charge is -2.15. The molecule has 1 fully saturated rings. The lowest BCUT2D eigenvalue weighted by molar-refractivity contribution is -0.121. The first kappa shape index (κ1) is 13.3. The minimum Gasteiger partial charge on any atom is -0.380 e. The zero-order chi connectivity index (χ0) is 12.8. The molecule has 1 saturated heterocycles. The highest BCUT2D eigenvalue weighted by molar-refractivity contribution is 7.99. The fourth-order valence-corrected chi connectivity index (χ4v) is 3.06. The number of nitrogens with one attached hydrogen (secondary N) is 2. The number of anilines is 1. The van der Waals surface area contributed by atoms with Crippen LogP contribution in [-0.2, 0) is 11.3 Å². The van der Waals surface area contributed by atoms with Crippen LogP contribution in [-0.4, -0.2) is 40.3 Å². The van der Waals surface area contributed by atoms with Crippen molar-refractivity contribution < 1.29 is 4.79 Å². The van der Waals surface area contributed by atoms with E-state index in [4.69, 9.17) is 0 Å². The number of nitrogens with zero attached hydrogens (tertiary/aromatic N) is 2. The number of hydrogen-bond acceptors (Lipinski definition) is 4. The van der Waals surface area contributed by atoms with E-state index in [1.165, 1.54) is 30.8 Å². The summed E-state index contributed by atoms with van der Waals surface area (Å²) < 4.78 is 1.66. The molecule has 0 spiro atoms. The Hall–Kier alpha value is -1.17. The fourth-order valence-electron chi connectivity index (χ4n) is 2.03. The van der Waals surface area contributed by atoms with Gasteiger partial charge in [-0.15, -0.1) is 0 Å². The van der Waals surface area contributed by atoms with Crippen LogP contribution in [0.15, 0.2) is 12.4 Å². The minimum absolute atomic E-state index is 0.0319. The molecular weight excluding hydrogens is 248 g/mol. The average Bonchev–Trinajstić information content (AvgIpc) is 2.63. The van der Waals surface area contributed by atoms with Crippen molar-refractivity contribution in [3.05, 3.63) is 12.4 Å². The van der Waals surface area contributed by atoms with E-state index in [1.54, 1.807) is 17.9 Å². The van der Waals surface area contributed by atoms with Crippen molar-refractivity contribution in [3.8, 4) is 0 Å². The highest BCUT2D eigenvalue weighted by Gasteiger charge is 2.13. The highest BCUT2D eigenvalue weighted by Crippen LogP contribution is 2.20. The summed E-state index contributed by atoms with van der Waals surface area (Å²) in [5, 5.41) is 10.3. The smallest absolute Gasteiger partial charge is 0.241 e. The van der Waals surface area contributed by atoms with E-state index >= 15 is 0 Å². The van der Waals surface area contributed by atoms with E-state index in [2.05, 4.69) is 15.7 Å². The highest BCUT2D eigenvalue weighted by atomic mass is 32.2. The molecule has 5 nitrogen and oxygen atoms in total. The average molecular weight is 268 g/mol. The molecule has 1 aliphatic heterocycles. The lowest BCUT2D eigenvalue weighted by Crippen LogP contribution is -2.23. The third kappa shape index (κ3) is 3.94. The van der Waals surface area contributed by atoms with Crippen molar-refractivity contribution in [1.29, 1.82) is 0 Å². The summed E-state index contributed by atoms with van der Waals surface area (Å²) in [4.78, 5) is 11.2. The maximum Gasteiger partial charge on any atom is 0.241 e. The lowest BCUT2D eigenvalue weighted by atomic mass is 10.1. The first-order chi connectivity index (χ1) is 8.78. The van der Waals surface area contributed by atoms with Crippen LogP contribution in [0.5, 0.6) is 0 Å². The van der Waals surface area contributed by atoms with E-state index in [0.29, 0.717) is 6.04 Å². The zero-order valence-electron chi connectivity index (χ0n) is 10.7. The Morgan fingerprint density at radius 3 is 3.28 bits per heavy atom. The molecule has 0 radical (unpaired) electrons. The van der Waals surface area contributed by atoms with Crippen molar-refractivity contribution in [3.63, 3.8) is 0 Å². The van der Waals surface area contributed by atoms with Gasteiger partial charge in [0.2, 0.25) is 5.91 Å². The van der Waals surface area contributed by atoms with Gasteiger partial charge in [0.25, 0.3) is 0 Å². The normalized spacial score (nSPS) is 20.2. The van der Waals surface area contributed by atoms with Gasteiger partial charge in [-0.2, -0.15) is 16.9 Å². The topological polar surface area (TPSA) is 59.0 Å². The minimum atomic E-state index is -0.0319. The molecule has 1 amide bonds. The van der Waals surface area contributed by atoms with Gasteiger partial charge in [-0.3, -0.25) is 9.48 Å². The first-order valence-electron chi connectivity index (χ1n) is 6.35. The molecular formula is C12H20N4OS. The van der Waals surface area contributed by atoms with Gasteiger partial charge in [-0.25, -0.2) is 0 Å². The molecule has 6 heteroatoms. The van der Waals surface area contributed by atoms with Crippen LogP contribution in [0.4, 0.5) is 5.69 Å². The van der Waals surface area contributed by atoms with Crippen LogP contribution in [0, 0.1) is 0 Å². The van der Waals surface area contributed by atoms with E-state index in [-0.39, 0.29) is 12.5 Å². The summed E-state index contributed by atoms with van der Waals surface area (Å²) >= 11 is 2.03. The second kappa shape index (κ2) is 6.68. The van der Waals surface area contributed by atoms with E-state index < -0.39 is 0 Å². The Morgan fingerprint density at radius 2 is 2.44 bits per heavy atom. The van der Waals surface area contributed by atoms with Gasteiger partial charge < -0.3 is 10.6 Å². The SMILES string of the molecule is CNC(=O)Cn1cc(NC2CCCSCC2)cn1. The van der Waals surface area contributed by atoms with Crippen molar-refractivity contribution in [2.24, 2.45) is 0 Å². The molecule has 0 saturated carbocycles. The monoisotopic (exact) mass is 268 g/mol. The number of amides is 1. The summed E-state index contributed by atoms with van der Waals surface area (Å²) in [5.74, 6) is 2.47. The fraction of sp³-hybridized carbons (Fsp3) is 0.667. The molecule has 1 aromatic rings. The van der Waals surface area contributed by atoms with Crippen LogP contribution >= 0.6 is 11.8 Å². The predicted molar refractivity (Wildman–Crippen MR) is 74.9 cm³/mol. The molecule has 1 aliphatic rings. The molecule has 1 aromatic heterocycles. The summed E-state index contributed by atoms with van der Waals surface area (Å²) in [6, 6.07) is 0.539. The first-order valence-corrected chi connectivity index (χ1v) is 7.50. The summed E-state index contributed by atoms with van der Waals surface area (Å²) in [6.07, 6.45) is 7.38. The van der Waals surface area contributed by atoms with Gasteiger partial charge in [-0.05, 0) is 30.8 Å². The molecule has 0 aliphatic carbocycles.